The molecule has 0 saturated carbocycles. The van der Waals surface area contributed by atoms with Crippen molar-refractivity contribution in [1.82, 2.24) is 4.72 Å². The van der Waals surface area contributed by atoms with Crippen LogP contribution in [0.5, 0.6) is 5.75 Å². The lowest BCUT2D eigenvalue weighted by Crippen LogP contribution is -2.21. The molecule has 1 aliphatic rings. The third kappa shape index (κ3) is 4.29. The summed E-state index contributed by atoms with van der Waals surface area (Å²) in [6.45, 7) is 3.77. The van der Waals surface area contributed by atoms with Crippen molar-refractivity contribution >= 4 is 16.6 Å². The van der Waals surface area contributed by atoms with Crippen molar-refractivity contribution in [3.63, 3.8) is 0 Å². The third-order valence-corrected chi connectivity index (χ3v) is 3.04. The molecule has 9 heteroatoms. The molecule has 0 saturated heterocycles. The second-order valence-corrected chi connectivity index (χ2v) is 4.93. The summed E-state index contributed by atoms with van der Waals surface area (Å²) in [5, 5.41) is 0. The van der Waals surface area contributed by atoms with E-state index in [1.165, 1.54) is 29.3 Å². The Kier molecular flexibility index (Phi) is 4.45. The van der Waals surface area contributed by atoms with Crippen molar-refractivity contribution in [1.29, 1.82) is 0 Å². The zero-order valence-corrected chi connectivity index (χ0v) is 11.9. The van der Waals surface area contributed by atoms with E-state index in [2.05, 4.69) is 16.0 Å². The number of hydrogen-bond acceptors (Lipinski definition) is 4. The first-order valence-electron chi connectivity index (χ1n) is 5.89. The first kappa shape index (κ1) is 16.0. The summed E-state index contributed by atoms with van der Waals surface area (Å²) in [5.74, 6) is -0.348. The van der Waals surface area contributed by atoms with Gasteiger partial charge in [-0.15, -0.1) is 13.2 Å². The van der Waals surface area contributed by atoms with Gasteiger partial charge in [0.15, 0.2) is 0 Å². The molecule has 1 aliphatic heterocycles. The Bertz CT molecular complexity index is 698. The van der Waals surface area contributed by atoms with Gasteiger partial charge in [-0.25, -0.2) is 8.42 Å². The van der Waals surface area contributed by atoms with Gasteiger partial charge in [-0.1, -0.05) is 6.58 Å². The molecule has 22 heavy (non-hydrogen) atoms. The Labute approximate surface area is 126 Å². The minimum Gasteiger partial charge on any atom is -0.406 e. The fourth-order valence-corrected chi connectivity index (χ4v) is 2.09. The molecule has 1 N–H and O–H groups in total. The Morgan fingerprint density at radius 1 is 1.14 bits per heavy atom. The lowest BCUT2D eigenvalue weighted by Gasteiger charge is -2.25. The van der Waals surface area contributed by atoms with Crippen LogP contribution < -0.4 is 14.4 Å². The second-order valence-electron chi connectivity index (χ2n) is 4.19. The second kappa shape index (κ2) is 6.14. The molecule has 1 aromatic carbocycles. The SMILES string of the molecule is C=C1C=CC(N[SH](=O)=O)=CN1c1ccc(OC(F)(F)F)cc1. The Morgan fingerprint density at radius 2 is 1.77 bits per heavy atom. The van der Waals surface area contributed by atoms with Gasteiger partial charge in [-0.05, 0) is 36.4 Å². The van der Waals surface area contributed by atoms with Crippen LogP contribution in [-0.2, 0) is 10.9 Å². The van der Waals surface area contributed by atoms with Crippen LogP contribution in [0.15, 0.2) is 60.6 Å². The van der Waals surface area contributed by atoms with Crippen molar-refractivity contribution in [2.45, 2.75) is 6.36 Å². The normalized spacial score (nSPS) is 15.0. The summed E-state index contributed by atoms with van der Waals surface area (Å²) in [7, 11) is -2.82. The highest BCUT2D eigenvalue weighted by atomic mass is 32.2. The van der Waals surface area contributed by atoms with Crippen molar-refractivity contribution in [3.8, 4) is 5.75 Å². The van der Waals surface area contributed by atoms with E-state index in [9.17, 15) is 21.6 Å². The zero-order chi connectivity index (χ0) is 16.3. The molecular formula is C13H11F3N2O3S. The number of rotatable bonds is 4. The molecule has 1 heterocycles. The van der Waals surface area contributed by atoms with E-state index < -0.39 is 17.3 Å². The molecule has 0 spiro atoms. The number of nitrogens with zero attached hydrogens (tertiary/aromatic N) is 1. The topological polar surface area (TPSA) is 58.6 Å². The summed E-state index contributed by atoms with van der Waals surface area (Å²) < 4.78 is 63.6. The van der Waals surface area contributed by atoms with Crippen LogP contribution in [-0.4, -0.2) is 14.8 Å². The summed E-state index contributed by atoms with van der Waals surface area (Å²) in [6, 6.07) is 5.11. The molecule has 0 aliphatic carbocycles. The quantitative estimate of drug-likeness (QED) is 0.832. The number of nitrogens with one attached hydrogen (secondary N) is 1. The van der Waals surface area contributed by atoms with Crippen LogP contribution in [0.2, 0.25) is 0 Å². The standard InChI is InChI=1S/C13H11F3N2O3S/c1-9-2-3-10(17-22(19)20)8-18(9)11-4-6-12(7-5-11)21-13(14,15)16/h2-8,22H,1H2,(H,17,19,20). The van der Waals surface area contributed by atoms with Crippen LogP contribution in [0.3, 0.4) is 0 Å². The number of anilines is 1. The summed E-state index contributed by atoms with van der Waals surface area (Å²) >= 11 is 0. The Hall–Kier alpha value is -2.42. The van der Waals surface area contributed by atoms with Gasteiger partial charge in [-0.3, -0.25) is 4.72 Å². The fourth-order valence-electron chi connectivity index (χ4n) is 1.75. The number of hydrogen-bond donors (Lipinski definition) is 2. The number of allylic oxidation sites excluding steroid dienone is 2. The van der Waals surface area contributed by atoms with Crippen molar-refractivity contribution < 1.29 is 26.3 Å². The number of halogens is 3. The Balaban J connectivity index is 2.21. The van der Waals surface area contributed by atoms with Gasteiger partial charge < -0.3 is 9.64 Å². The predicted molar refractivity (Wildman–Crippen MR) is 75.4 cm³/mol. The van der Waals surface area contributed by atoms with Gasteiger partial charge in [-0.2, -0.15) is 0 Å². The lowest BCUT2D eigenvalue weighted by molar-refractivity contribution is -0.274. The van der Waals surface area contributed by atoms with E-state index in [0.29, 0.717) is 17.1 Å². The van der Waals surface area contributed by atoms with Gasteiger partial charge in [0.25, 0.3) is 0 Å². The average Bonchev–Trinajstić information content (AvgIpc) is 2.40. The minimum atomic E-state index is -4.75. The van der Waals surface area contributed by atoms with Crippen molar-refractivity contribution in [2.24, 2.45) is 0 Å². The van der Waals surface area contributed by atoms with Crippen LogP contribution in [0, 0.1) is 0 Å². The predicted octanol–water partition coefficient (Wildman–Crippen LogP) is 2.43. The summed E-state index contributed by atoms with van der Waals surface area (Å²) in [6.07, 6.45) is -0.200. The maximum atomic E-state index is 12.1. The lowest BCUT2D eigenvalue weighted by atomic mass is 10.2. The fraction of sp³-hybridized carbons (Fsp3) is 0.0769. The summed E-state index contributed by atoms with van der Waals surface area (Å²) in [5.41, 5.74) is 1.33. The van der Waals surface area contributed by atoms with E-state index >= 15 is 0 Å². The smallest absolute Gasteiger partial charge is 0.406 e. The first-order chi connectivity index (χ1) is 10.2. The van der Waals surface area contributed by atoms with Crippen molar-refractivity contribution in [2.75, 3.05) is 4.90 Å². The van der Waals surface area contributed by atoms with E-state index in [-0.39, 0.29) is 5.75 Å². The van der Waals surface area contributed by atoms with Crippen LogP contribution in [0.25, 0.3) is 0 Å². The third-order valence-electron chi connectivity index (χ3n) is 2.60. The number of thiol groups is 1. The van der Waals surface area contributed by atoms with E-state index in [0.717, 1.165) is 12.1 Å². The number of benzene rings is 1. The molecule has 0 unspecified atom stereocenters. The van der Waals surface area contributed by atoms with Gasteiger partial charge in [0.05, 0.1) is 5.70 Å². The highest BCUT2D eigenvalue weighted by molar-refractivity contribution is 7.70. The molecule has 0 amide bonds. The number of alkyl halides is 3. The molecule has 0 atom stereocenters. The molecule has 0 aromatic heterocycles. The van der Waals surface area contributed by atoms with Crippen LogP contribution >= 0.6 is 0 Å². The van der Waals surface area contributed by atoms with Gasteiger partial charge in [0.1, 0.15) is 5.75 Å². The van der Waals surface area contributed by atoms with Crippen LogP contribution in [0.4, 0.5) is 18.9 Å². The number of ether oxygens (including phenoxy) is 1. The maximum absolute atomic E-state index is 12.1. The van der Waals surface area contributed by atoms with Gasteiger partial charge in [0.2, 0.25) is 10.9 Å². The monoisotopic (exact) mass is 332 g/mol. The molecule has 0 radical (unpaired) electrons. The molecule has 5 nitrogen and oxygen atoms in total. The molecule has 0 bridgehead atoms. The van der Waals surface area contributed by atoms with Gasteiger partial charge in [0, 0.05) is 17.6 Å². The summed E-state index contributed by atoms with van der Waals surface area (Å²) in [4.78, 5) is 1.53. The van der Waals surface area contributed by atoms with Gasteiger partial charge >= 0.3 is 6.36 Å². The highest BCUT2D eigenvalue weighted by Gasteiger charge is 2.31. The van der Waals surface area contributed by atoms with E-state index in [1.54, 1.807) is 6.08 Å². The average molecular weight is 332 g/mol. The largest absolute Gasteiger partial charge is 0.573 e. The van der Waals surface area contributed by atoms with Crippen molar-refractivity contribution in [3.05, 3.63) is 60.6 Å². The molecule has 1 aromatic rings. The Morgan fingerprint density at radius 3 is 2.32 bits per heavy atom. The van der Waals surface area contributed by atoms with E-state index in [1.807, 2.05) is 0 Å². The maximum Gasteiger partial charge on any atom is 0.573 e. The van der Waals surface area contributed by atoms with Crippen LogP contribution in [0.1, 0.15) is 0 Å². The molecular weight excluding hydrogens is 321 g/mol. The van der Waals surface area contributed by atoms with E-state index in [4.69, 9.17) is 0 Å². The highest BCUT2D eigenvalue weighted by Crippen LogP contribution is 2.28. The molecule has 0 fully saturated rings. The molecule has 118 valence electrons. The first-order valence-corrected chi connectivity index (χ1v) is 7.07. The zero-order valence-electron chi connectivity index (χ0n) is 11.0. The minimum absolute atomic E-state index is 0.305. The molecule has 2 rings (SSSR count).